The Bertz CT molecular complexity index is 1730. The van der Waals surface area contributed by atoms with Crippen molar-refractivity contribution in [3.63, 3.8) is 0 Å². The zero-order valence-corrected chi connectivity index (χ0v) is 24.9. The Hall–Kier alpha value is -4.50. The van der Waals surface area contributed by atoms with Crippen molar-refractivity contribution in [1.82, 2.24) is 34.4 Å². The summed E-state index contributed by atoms with van der Waals surface area (Å²) < 4.78 is 70.1. The van der Waals surface area contributed by atoms with Gasteiger partial charge in [-0.25, -0.2) is 18.6 Å². The molecule has 4 aliphatic rings. The maximum atomic E-state index is 13.7. The summed E-state index contributed by atoms with van der Waals surface area (Å²) in [4.78, 5) is 46.5. The Morgan fingerprint density at radius 3 is 2.30 bits per heavy atom. The van der Waals surface area contributed by atoms with Crippen molar-refractivity contribution in [3.8, 4) is 11.3 Å². The van der Waals surface area contributed by atoms with E-state index in [9.17, 15) is 36.3 Å². The number of imidazole rings is 1. The number of rotatable bonds is 6. The molecule has 3 atom stereocenters. The lowest BCUT2D eigenvalue weighted by Gasteiger charge is -2.26. The number of piperidine rings is 1. The molecule has 2 saturated heterocycles. The van der Waals surface area contributed by atoms with Gasteiger partial charge in [-0.2, -0.15) is 18.3 Å². The van der Waals surface area contributed by atoms with Crippen LogP contribution in [0.25, 0.3) is 11.3 Å². The van der Waals surface area contributed by atoms with Gasteiger partial charge in [-0.05, 0) is 43.5 Å². The number of anilines is 1. The third-order valence-electron chi connectivity index (χ3n) is 9.45. The van der Waals surface area contributed by atoms with Crippen LogP contribution in [0.1, 0.15) is 57.5 Å². The number of hydrogen-bond donors (Lipinski definition) is 2. The molecule has 244 valence electrons. The second kappa shape index (κ2) is 10.5. The van der Waals surface area contributed by atoms with Crippen LogP contribution in [0.4, 0.5) is 32.4 Å². The van der Waals surface area contributed by atoms with Crippen molar-refractivity contribution in [1.29, 1.82) is 0 Å². The predicted octanol–water partition coefficient (Wildman–Crippen LogP) is 4.32. The Morgan fingerprint density at radius 1 is 1.02 bits per heavy atom. The fraction of sp³-hybridized carbons (Fsp3) is 0.500. The van der Waals surface area contributed by atoms with Gasteiger partial charge < -0.3 is 25.0 Å². The lowest BCUT2D eigenvalue weighted by Crippen LogP contribution is -2.43. The summed E-state index contributed by atoms with van der Waals surface area (Å²) in [7, 11) is 1.34. The van der Waals surface area contributed by atoms with E-state index >= 15 is 0 Å². The highest BCUT2D eigenvalue weighted by Crippen LogP contribution is 2.53. The normalized spacial score (nSPS) is 24.6. The van der Waals surface area contributed by atoms with E-state index < -0.39 is 41.7 Å². The van der Waals surface area contributed by atoms with Gasteiger partial charge in [0.15, 0.2) is 11.5 Å². The highest BCUT2D eigenvalue weighted by atomic mass is 19.4. The number of urea groups is 1. The Labute approximate surface area is 259 Å². The summed E-state index contributed by atoms with van der Waals surface area (Å²) in [6.45, 7) is 4.56. The van der Waals surface area contributed by atoms with E-state index in [1.165, 1.54) is 13.1 Å². The number of carbonyl (C=O) groups is 3. The standard InChI is InChI=1S/C30H31F5N8O3/c1-15-9-16(5-6-17(15)26(44)38-23-18-12-42(13-19(18)23)28(46)41-7-3-4-8-41)37-27(45)25-36-11-21(40(25)2)20-14-43(22-10-29(22,31)32)39-24(20)30(33,34)35/h5-6,9,11,14,18-19,22-23H,3-4,7-8,10,12-13H2,1-2H3,(H,37,45)(H,38,44). The molecular formula is C30H31F5N8O3. The smallest absolute Gasteiger partial charge is 0.349 e. The van der Waals surface area contributed by atoms with Gasteiger partial charge in [0.1, 0.15) is 6.04 Å². The van der Waals surface area contributed by atoms with E-state index in [4.69, 9.17) is 0 Å². The number of fused-ring (bicyclic) bond motifs is 1. The predicted molar refractivity (Wildman–Crippen MR) is 153 cm³/mol. The van der Waals surface area contributed by atoms with Crippen molar-refractivity contribution < 1.29 is 36.3 Å². The number of amides is 4. The first kappa shape index (κ1) is 30.2. The molecule has 2 aliphatic heterocycles. The van der Waals surface area contributed by atoms with E-state index in [1.54, 1.807) is 19.1 Å². The Balaban J connectivity index is 0.991. The van der Waals surface area contributed by atoms with Crippen LogP contribution in [0.3, 0.4) is 0 Å². The molecule has 0 bridgehead atoms. The molecule has 2 aromatic heterocycles. The molecule has 0 spiro atoms. The monoisotopic (exact) mass is 646 g/mol. The molecule has 46 heavy (non-hydrogen) atoms. The average molecular weight is 647 g/mol. The molecule has 2 aliphatic carbocycles. The van der Waals surface area contributed by atoms with Gasteiger partial charge in [0.25, 0.3) is 17.7 Å². The van der Waals surface area contributed by atoms with Crippen LogP contribution >= 0.6 is 0 Å². The van der Waals surface area contributed by atoms with Crippen molar-refractivity contribution >= 4 is 23.5 Å². The fourth-order valence-corrected chi connectivity index (χ4v) is 6.72. The number of aromatic nitrogens is 4. The zero-order valence-electron chi connectivity index (χ0n) is 24.9. The van der Waals surface area contributed by atoms with Gasteiger partial charge in [-0.3, -0.25) is 14.3 Å². The number of hydrogen-bond acceptors (Lipinski definition) is 5. The average Bonchev–Trinajstić information content (AvgIpc) is 3.50. The maximum absolute atomic E-state index is 13.7. The molecule has 2 saturated carbocycles. The number of benzene rings is 1. The molecule has 4 fully saturated rings. The quantitative estimate of drug-likeness (QED) is 0.387. The summed E-state index contributed by atoms with van der Waals surface area (Å²) in [6.07, 6.45) is -1.50. The van der Waals surface area contributed by atoms with E-state index in [0.717, 1.165) is 42.9 Å². The molecule has 7 rings (SSSR count). The third kappa shape index (κ3) is 5.26. The molecule has 11 nitrogen and oxygen atoms in total. The first-order valence-corrected chi connectivity index (χ1v) is 15.1. The summed E-state index contributed by atoms with van der Waals surface area (Å²) in [5, 5.41) is 9.11. The molecule has 3 unspecified atom stereocenters. The molecule has 4 amide bonds. The van der Waals surface area contributed by atoms with Gasteiger partial charge in [-0.1, -0.05) is 0 Å². The number of nitrogens with zero attached hydrogens (tertiary/aromatic N) is 6. The van der Waals surface area contributed by atoms with E-state index in [-0.39, 0.29) is 41.3 Å². The second-order valence-electron chi connectivity index (χ2n) is 12.6. The zero-order chi connectivity index (χ0) is 32.7. The molecule has 1 aromatic carbocycles. The maximum Gasteiger partial charge on any atom is 0.435 e. The van der Waals surface area contributed by atoms with Crippen LogP contribution < -0.4 is 10.6 Å². The number of carbonyl (C=O) groups excluding carboxylic acids is 3. The molecule has 16 heteroatoms. The van der Waals surface area contributed by atoms with Crippen LogP contribution in [0.15, 0.2) is 30.6 Å². The minimum absolute atomic E-state index is 0.00254. The second-order valence-corrected chi connectivity index (χ2v) is 12.6. The van der Waals surface area contributed by atoms with Crippen molar-refractivity contribution in [3.05, 3.63) is 53.2 Å². The SMILES string of the molecule is Cc1cc(NC(=O)c2ncc(-c3cn(C4CC4(F)F)nc3C(F)(F)F)n2C)ccc1C(=O)NC1C2CN(C(=O)N3CCCC3)CC21. The lowest BCUT2D eigenvalue weighted by atomic mass is 10.1. The molecule has 2 N–H and O–H groups in total. The van der Waals surface area contributed by atoms with Crippen molar-refractivity contribution in [2.75, 3.05) is 31.5 Å². The van der Waals surface area contributed by atoms with Gasteiger partial charge in [-0.15, -0.1) is 0 Å². The highest BCUT2D eigenvalue weighted by molar-refractivity contribution is 6.03. The Morgan fingerprint density at radius 2 is 1.70 bits per heavy atom. The van der Waals surface area contributed by atoms with E-state index in [2.05, 4.69) is 20.7 Å². The topological polar surface area (TPSA) is 117 Å². The Kier molecular flexibility index (Phi) is 6.90. The van der Waals surface area contributed by atoms with Crippen LogP contribution in [0.5, 0.6) is 0 Å². The van der Waals surface area contributed by atoms with Gasteiger partial charge >= 0.3 is 12.2 Å². The molecular weight excluding hydrogens is 615 g/mol. The minimum atomic E-state index is -4.92. The minimum Gasteiger partial charge on any atom is -0.349 e. The number of likely N-dealkylation sites (tertiary alicyclic amines) is 2. The van der Waals surface area contributed by atoms with E-state index in [1.807, 2.05) is 9.80 Å². The van der Waals surface area contributed by atoms with E-state index in [0.29, 0.717) is 34.6 Å². The molecule has 3 aromatic rings. The summed E-state index contributed by atoms with van der Waals surface area (Å²) in [6, 6.07) is 3.32. The third-order valence-corrected chi connectivity index (χ3v) is 9.45. The first-order valence-electron chi connectivity index (χ1n) is 15.1. The summed E-state index contributed by atoms with van der Waals surface area (Å²) >= 11 is 0. The molecule has 0 radical (unpaired) electrons. The highest BCUT2D eigenvalue weighted by Gasteiger charge is 2.60. The van der Waals surface area contributed by atoms with Crippen LogP contribution in [0.2, 0.25) is 0 Å². The van der Waals surface area contributed by atoms with Crippen molar-refractivity contribution in [2.45, 2.75) is 50.4 Å². The van der Waals surface area contributed by atoms with Crippen molar-refractivity contribution in [2.24, 2.45) is 18.9 Å². The number of alkyl halides is 5. The summed E-state index contributed by atoms with van der Waals surface area (Å²) in [5.41, 5.74) is -0.595. The molecule has 4 heterocycles. The van der Waals surface area contributed by atoms with Crippen LogP contribution in [-0.2, 0) is 13.2 Å². The van der Waals surface area contributed by atoms with Crippen LogP contribution in [0, 0.1) is 18.8 Å². The number of nitrogens with one attached hydrogen (secondary N) is 2. The number of halogens is 5. The van der Waals surface area contributed by atoms with Gasteiger partial charge in [0.05, 0.1) is 17.5 Å². The lowest BCUT2D eigenvalue weighted by molar-refractivity contribution is -0.141. The van der Waals surface area contributed by atoms with Crippen LogP contribution in [-0.4, -0.2) is 85.1 Å². The largest absolute Gasteiger partial charge is 0.435 e. The summed E-state index contributed by atoms with van der Waals surface area (Å²) in [5.74, 6) is -3.87. The number of aryl methyl sites for hydroxylation is 1. The fourth-order valence-electron chi connectivity index (χ4n) is 6.72. The first-order chi connectivity index (χ1) is 21.7. The van der Waals surface area contributed by atoms with Gasteiger partial charge in [0, 0.05) is 75.0 Å². The van der Waals surface area contributed by atoms with Gasteiger partial charge in [0.2, 0.25) is 0 Å².